The molecule has 2 aromatic carbocycles. The summed E-state index contributed by atoms with van der Waals surface area (Å²) in [6.45, 7) is 0.518. The van der Waals surface area contributed by atoms with Gasteiger partial charge >= 0.3 is 0 Å². The average molecular weight is 460 g/mol. The fourth-order valence-corrected chi connectivity index (χ4v) is 4.35. The van der Waals surface area contributed by atoms with E-state index in [0.717, 1.165) is 10.5 Å². The van der Waals surface area contributed by atoms with E-state index in [1.165, 1.54) is 18.2 Å². The SMILES string of the molecule is CN(CCc1ccccc1)C(=O)CC1(c2cccc(F)c2)CC(=O)N(Cc2cccnc2)C1=O. The van der Waals surface area contributed by atoms with Gasteiger partial charge in [-0.1, -0.05) is 48.5 Å². The van der Waals surface area contributed by atoms with Gasteiger partial charge in [0, 0.05) is 38.8 Å². The second kappa shape index (κ2) is 9.95. The standard InChI is InChI=1S/C27H26FN3O3/c1-30(14-12-20-7-3-2-4-8-20)24(32)16-27(22-10-5-11-23(28)15-22)17-25(33)31(26(27)34)19-21-9-6-13-29-18-21/h2-11,13,15,18H,12,14,16-17,19H2,1H3. The molecule has 3 aromatic rings. The molecule has 0 bridgehead atoms. The highest BCUT2D eigenvalue weighted by atomic mass is 19.1. The van der Waals surface area contributed by atoms with Crippen molar-refractivity contribution in [2.45, 2.75) is 31.2 Å². The first kappa shape index (κ1) is 23.3. The number of likely N-dealkylation sites (tertiary alicyclic amines) is 1. The van der Waals surface area contributed by atoms with Crippen molar-refractivity contribution in [3.8, 4) is 0 Å². The van der Waals surface area contributed by atoms with Gasteiger partial charge in [-0.25, -0.2) is 4.39 Å². The summed E-state index contributed by atoms with van der Waals surface area (Å²) in [6, 6.07) is 18.9. The van der Waals surface area contributed by atoms with Gasteiger partial charge in [0.1, 0.15) is 5.82 Å². The van der Waals surface area contributed by atoms with Gasteiger partial charge in [0.25, 0.3) is 0 Å². The Kier molecular flexibility index (Phi) is 6.82. The van der Waals surface area contributed by atoms with E-state index in [-0.39, 0.29) is 25.3 Å². The van der Waals surface area contributed by atoms with Crippen LogP contribution in [0.4, 0.5) is 4.39 Å². The van der Waals surface area contributed by atoms with Gasteiger partial charge in [0.15, 0.2) is 0 Å². The lowest BCUT2D eigenvalue weighted by molar-refractivity contribution is -0.143. The van der Waals surface area contributed by atoms with Gasteiger partial charge in [-0.05, 0) is 41.3 Å². The maximum atomic E-state index is 14.1. The summed E-state index contributed by atoms with van der Waals surface area (Å²) in [5.41, 5.74) is 0.686. The zero-order valence-electron chi connectivity index (χ0n) is 19.0. The molecular weight excluding hydrogens is 433 g/mol. The van der Waals surface area contributed by atoms with Gasteiger partial charge in [0.2, 0.25) is 17.7 Å². The van der Waals surface area contributed by atoms with Crippen LogP contribution in [0.15, 0.2) is 79.1 Å². The molecule has 34 heavy (non-hydrogen) atoms. The van der Waals surface area contributed by atoms with Crippen molar-refractivity contribution in [2.75, 3.05) is 13.6 Å². The normalized spacial score (nSPS) is 17.8. The van der Waals surface area contributed by atoms with Crippen molar-refractivity contribution >= 4 is 17.7 Å². The highest BCUT2D eigenvalue weighted by Gasteiger charge is 2.54. The fourth-order valence-electron chi connectivity index (χ4n) is 4.35. The Labute approximate surface area is 198 Å². The molecule has 1 aliphatic rings. The van der Waals surface area contributed by atoms with Gasteiger partial charge in [-0.3, -0.25) is 24.3 Å². The maximum Gasteiger partial charge on any atom is 0.241 e. The smallest absolute Gasteiger partial charge is 0.241 e. The zero-order chi connectivity index (χ0) is 24.1. The molecule has 0 spiro atoms. The number of nitrogens with zero attached hydrogens (tertiary/aromatic N) is 3. The third kappa shape index (κ3) is 4.88. The molecule has 0 aliphatic carbocycles. The Morgan fingerprint density at radius 1 is 1.06 bits per heavy atom. The monoisotopic (exact) mass is 459 g/mol. The summed E-state index contributed by atoms with van der Waals surface area (Å²) in [7, 11) is 1.68. The number of carbonyl (C=O) groups is 3. The fraction of sp³-hybridized carbons (Fsp3) is 0.259. The summed E-state index contributed by atoms with van der Waals surface area (Å²) in [4.78, 5) is 46.7. The Hall–Kier alpha value is -3.87. The number of imide groups is 1. The van der Waals surface area contributed by atoms with E-state index in [0.29, 0.717) is 24.1 Å². The average Bonchev–Trinajstić information content (AvgIpc) is 3.08. The Morgan fingerprint density at radius 3 is 2.53 bits per heavy atom. The summed E-state index contributed by atoms with van der Waals surface area (Å²) < 4.78 is 14.1. The number of carbonyl (C=O) groups excluding carboxylic acids is 3. The first-order chi connectivity index (χ1) is 16.4. The van der Waals surface area contributed by atoms with Crippen LogP contribution in [-0.4, -0.2) is 46.1 Å². The lowest BCUT2D eigenvalue weighted by atomic mass is 9.75. The van der Waals surface area contributed by atoms with Crippen molar-refractivity contribution in [1.29, 1.82) is 0 Å². The number of pyridine rings is 1. The third-order valence-corrected chi connectivity index (χ3v) is 6.31. The molecule has 6 nitrogen and oxygen atoms in total. The summed E-state index contributed by atoms with van der Waals surface area (Å²) in [5, 5.41) is 0. The molecule has 4 rings (SSSR count). The molecule has 0 saturated carbocycles. The topological polar surface area (TPSA) is 70.6 Å². The molecule has 1 fully saturated rings. The summed E-state index contributed by atoms with van der Waals surface area (Å²) in [5.74, 6) is -1.67. The molecule has 174 valence electrons. The second-order valence-electron chi connectivity index (χ2n) is 8.64. The van der Waals surface area contributed by atoms with Crippen molar-refractivity contribution in [2.24, 2.45) is 0 Å². The van der Waals surface area contributed by atoms with Crippen LogP contribution in [0.2, 0.25) is 0 Å². The maximum absolute atomic E-state index is 14.1. The van der Waals surface area contributed by atoms with Crippen LogP contribution in [0.5, 0.6) is 0 Å². The number of halogens is 1. The van der Waals surface area contributed by atoms with Gasteiger partial charge in [-0.2, -0.15) is 0 Å². The van der Waals surface area contributed by atoms with E-state index >= 15 is 0 Å². The molecule has 0 radical (unpaired) electrons. The van der Waals surface area contributed by atoms with Crippen LogP contribution >= 0.6 is 0 Å². The summed E-state index contributed by atoms with van der Waals surface area (Å²) in [6.07, 6.45) is 3.46. The molecule has 0 N–H and O–H groups in total. The number of rotatable bonds is 8. The summed E-state index contributed by atoms with van der Waals surface area (Å²) >= 11 is 0. The van der Waals surface area contributed by atoms with Crippen LogP contribution in [-0.2, 0) is 32.8 Å². The van der Waals surface area contributed by atoms with E-state index in [4.69, 9.17) is 0 Å². The first-order valence-corrected chi connectivity index (χ1v) is 11.2. The van der Waals surface area contributed by atoms with Crippen molar-refractivity contribution in [1.82, 2.24) is 14.8 Å². The van der Waals surface area contributed by atoms with Gasteiger partial charge in [0.05, 0.1) is 12.0 Å². The van der Waals surface area contributed by atoms with Gasteiger partial charge in [-0.15, -0.1) is 0 Å². The number of benzene rings is 2. The predicted octanol–water partition coefficient (Wildman–Crippen LogP) is 3.51. The Morgan fingerprint density at radius 2 is 1.82 bits per heavy atom. The lowest BCUT2D eigenvalue weighted by Gasteiger charge is -2.29. The van der Waals surface area contributed by atoms with E-state index in [2.05, 4.69) is 4.98 Å². The van der Waals surface area contributed by atoms with Crippen LogP contribution in [0.3, 0.4) is 0 Å². The van der Waals surface area contributed by atoms with E-state index in [1.54, 1.807) is 42.5 Å². The lowest BCUT2D eigenvalue weighted by Crippen LogP contribution is -2.43. The van der Waals surface area contributed by atoms with Crippen molar-refractivity contribution in [3.05, 3.63) is 102 Å². The molecule has 1 aliphatic heterocycles. The van der Waals surface area contributed by atoms with Crippen molar-refractivity contribution in [3.63, 3.8) is 0 Å². The molecule has 1 aromatic heterocycles. The molecule has 2 heterocycles. The molecule has 1 saturated heterocycles. The predicted molar refractivity (Wildman–Crippen MR) is 125 cm³/mol. The minimum absolute atomic E-state index is 0.0562. The Balaban J connectivity index is 1.59. The van der Waals surface area contributed by atoms with E-state index in [1.807, 2.05) is 30.3 Å². The minimum Gasteiger partial charge on any atom is -0.345 e. The van der Waals surface area contributed by atoms with Crippen LogP contribution in [0.25, 0.3) is 0 Å². The van der Waals surface area contributed by atoms with E-state index < -0.39 is 23.0 Å². The van der Waals surface area contributed by atoms with Crippen LogP contribution < -0.4 is 0 Å². The highest BCUT2D eigenvalue weighted by molar-refractivity contribution is 6.10. The van der Waals surface area contributed by atoms with E-state index in [9.17, 15) is 18.8 Å². The number of amides is 3. The quantitative estimate of drug-likeness (QED) is 0.484. The first-order valence-electron chi connectivity index (χ1n) is 11.2. The number of hydrogen-bond acceptors (Lipinski definition) is 4. The number of hydrogen-bond donors (Lipinski definition) is 0. The molecule has 1 unspecified atom stereocenters. The largest absolute Gasteiger partial charge is 0.345 e. The molecule has 1 atom stereocenters. The van der Waals surface area contributed by atoms with Crippen LogP contribution in [0, 0.1) is 5.82 Å². The third-order valence-electron chi connectivity index (χ3n) is 6.31. The second-order valence-corrected chi connectivity index (χ2v) is 8.64. The molecule has 3 amide bonds. The van der Waals surface area contributed by atoms with Crippen LogP contribution in [0.1, 0.15) is 29.5 Å². The van der Waals surface area contributed by atoms with Gasteiger partial charge < -0.3 is 4.90 Å². The molecular formula is C27H26FN3O3. The minimum atomic E-state index is -1.44. The molecule has 7 heteroatoms. The number of likely N-dealkylation sites (N-methyl/N-ethyl adjacent to an activating group) is 1. The Bertz CT molecular complexity index is 1190. The highest BCUT2D eigenvalue weighted by Crippen LogP contribution is 2.41. The zero-order valence-corrected chi connectivity index (χ0v) is 19.0. The number of aromatic nitrogens is 1. The van der Waals surface area contributed by atoms with Crippen molar-refractivity contribution < 1.29 is 18.8 Å².